The zero-order valence-electron chi connectivity index (χ0n) is 6.05. The van der Waals surface area contributed by atoms with E-state index in [1.165, 1.54) is 6.08 Å². The van der Waals surface area contributed by atoms with Gasteiger partial charge in [0, 0.05) is 0 Å². The second kappa shape index (κ2) is 2.89. The lowest BCUT2D eigenvalue weighted by molar-refractivity contribution is -0.110. The second-order valence-corrected chi connectivity index (χ2v) is 4.38. The molecule has 0 fully saturated rings. The second-order valence-electron chi connectivity index (χ2n) is 2.68. The highest BCUT2D eigenvalue weighted by atomic mass is 79.9. The van der Waals surface area contributed by atoms with Crippen LogP contribution in [-0.4, -0.2) is 10.6 Å². The minimum Gasteiger partial charge on any atom is -0.303 e. The van der Waals surface area contributed by atoms with E-state index in [9.17, 15) is 9.18 Å². The molecule has 1 aliphatic carbocycles. The Bertz CT molecular complexity index is 230. The number of aldehydes is 1. The van der Waals surface area contributed by atoms with Gasteiger partial charge >= 0.3 is 0 Å². The third-order valence-electron chi connectivity index (χ3n) is 1.72. The molecule has 60 valence electrons. The summed E-state index contributed by atoms with van der Waals surface area (Å²) >= 11 is 3.26. The van der Waals surface area contributed by atoms with Crippen LogP contribution in [-0.2, 0) is 4.79 Å². The smallest absolute Gasteiger partial charge is 0.131 e. The van der Waals surface area contributed by atoms with Gasteiger partial charge in [-0.1, -0.05) is 28.1 Å². The van der Waals surface area contributed by atoms with Crippen molar-refractivity contribution in [3.8, 4) is 0 Å². The lowest BCUT2D eigenvalue weighted by Crippen LogP contribution is -2.29. The van der Waals surface area contributed by atoms with Crippen LogP contribution in [0.3, 0.4) is 0 Å². The van der Waals surface area contributed by atoms with E-state index in [0.29, 0.717) is 6.29 Å². The number of hydrogen-bond acceptors (Lipinski definition) is 1. The molecule has 0 saturated heterocycles. The number of carbonyl (C=O) groups is 1. The lowest BCUT2D eigenvalue weighted by Gasteiger charge is -2.26. The average molecular weight is 219 g/mol. The summed E-state index contributed by atoms with van der Waals surface area (Å²) in [7, 11) is 0. The van der Waals surface area contributed by atoms with Crippen LogP contribution in [0, 0.1) is 5.92 Å². The molecule has 1 aliphatic rings. The van der Waals surface area contributed by atoms with Crippen LogP contribution in [0.1, 0.15) is 6.92 Å². The first-order chi connectivity index (χ1) is 5.08. The van der Waals surface area contributed by atoms with E-state index in [-0.39, 0.29) is 5.83 Å². The van der Waals surface area contributed by atoms with Crippen LogP contribution in [0.15, 0.2) is 24.1 Å². The fraction of sp³-hybridized carbons (Fsp3) is 0.375. The van der Waals surface area contributed by atoms with Crippen molar-refractivity contribution < 1.29 is 9.18 Å². The Morgan fingerprint density at radius 3 is 2.82 bits per heavy atom. The summed E-state index contributed by atoms with van der Waals surface area (Å²) in [6.45, 7) is 1.76. The molecule has 0 saturated carbocycles. The van der Waals surface area contributed by atoms with Gasteiger partial charge in [0.25, 0.3) is 0 Å². The molecule has 0 bridgehead atoms. The quantitative estimate of drug-likeness (QED) is 0.488. The fourth-order valence-corrected chi connectivity index (χ4v) is 1.48. The number of allylic oxidation sites excluding steroid dienone is 4. The molecule has 0 amide bonds. The van der Waals surface area contributed by atoms with E-state index >= 15 is 0 Å². The molecule has 0 radical (unpaired) electrons. The highest BCUT2D eigenvalue weighted by Gasteiger charge is 2.33. The zero-order valence-corrected chi connectivity index (χ0v) is 7.64. The molecule has 1 rings (SSSR count). The van der Waals surface area contributed by atoms with E-state index < -0.39 is 10.2 Å². The van der Waals surface area contributed by atoms with Gasteiger partial charge < -0.3 is 4.79 Å². The molecule has 2 unspecified atom stereocenters. The maximum atomic E-state index is 12.9. The largest absolute Gasteiger partial charge is 0.303 e. The molecule has 0 aromatic rings. The molecule has 0 spiro atoms. The Morgan fingerprint density at radius 2 is 2.45 bits per heavy atom. The normalized spacial score (nSPS) is 36.6. The topological polar surface area (TPSA) is 17.1 Å². The number of carbonyl (C=O) groups excluding carboxylic acids is 1. The first-order valence-electron chi connectivity index (χ1n) is 3.27. The molecule has 11 heavy (non-hydrogen) atoms. The Balaban J connectivity index is 2.97. The molecule has 2 atom stereocenters. The molecule has 0 aliphatic heterocycles. The first kappa shape index (κ1) is 8.65. The van der Waals surface area contributed by atoms with Crippen molar-refractivity contribution in [3.05, 3.63) is 24.1 Å². The maximum absolute atomic E-state index is 12.9. The van der Waals surface area contributed by atoms with Crippen molar-refractivity contribution >= 4 is 22.2 Å². The predicted molar refractivity (Wildman–Crippen MR) is 45.2 cm³/mol. The van der Waals surface area contributed by atoms with Crippen molar-refractivity contribution in [2.24, 2.45) is 5.92 Å². The Morgan fingerprint density at radius 1 is 1.82 bits per heavy atom. The number of hydrogen-bond donors (Lipinski definition) is 0. The van der Waals surface area contributed by atoms with Gasteiger partial charge in [0.05, 0.1) is 10.2 Å². The minimum absolute atomic E-state index is 0.387. The number of rotatable bonds is 1. The highest BCUT2D eigenvalue weighted by molar-refractivity contribution is 9.10. The Hall–Kier alpha value is -0.440. The number of halogens is 2. The average Bonchev–Trinajstić information content (AvgIpc) is 1.86. The standard InChI is InChI=1S/C8H8BrFO/c1-8(9)4-2-3-7(10)6(8)5-11/h2-6H,1H3. The summed E-state index contributed by atoms with van der Waals surface area (Å²) in [5.74, 6) is -1.07. The summed E-state index contributed by atoms with van der Waals surface area (Å²) in [5.41, 5.74) is 0. The van der Waals surface area contributed by atoms with Gasteiger partial charge in [-0.05, 0) is 13.0 Å². The minimum atomic E-state index is -0.688. The summed E-state index contributed by atoms with van der Waals surface area (Å²) in [4.78, 5) is 10.4. The SMILES string of the molecule is CC1(Br)C=CC=C(F)C1C=O. The summed E-state index contributed by atoms with van der Waals surface area (Å²) in [5, 5.41) is 0. The van der Waals surface area contributed by atoms with Crippen LogP contribution < -0.4 is 0 Å². The third-order valence-corrected chi connectivity index (χ3v) is 2.48. The van der Waals surface area contributed by atoms with E-state index in [0.717, 1.165) is 0 Å². The van der Waals surface area contributed by atoms with Crippen LogP contribution >= 0.6 is 15.9 Å². The van der Waals surface area contributed by atoms with Gasteiger partial charge in [0.2, 0.25) is 0 Å². The van der Waals surface area contributed by atoms with Crippen LogP contribution in [0.25, 0.3) is 0 Å². The summed E-state index contributed by atoms with van der Waals surface area (Å²) in [6.07, 6.45) is 5.28. The maximum Gasteiger partial charge on any atom is 0.131 e. The van der Waals surface area contributed by atoms with Crippen molar-refractivity contribution in [3.63, 3.8) is 0 Å². The van der Waals surface area contributed by atoms with E-state index in [4.69, 9.17) is 0 Å². The molecule has 0 heterocycles. The summed E-state index contributed by atoms with van der Waals surface area (Å²) < 4.78 is 12.3. The molecule has 0 aromatic heterocycles. The Labute approximate surface area is 73.1 Å². The number of alkyl halides is 1. The molecule has 1 nitrogen and oxygen atoms in total. The molecule has 0 aromatic carbocycles. The van der Waals surface area contributed by atoms with Gasteiger partial charge in [-0.25, -0.2) is 4.39 Å². The zero-order chi connectivity index (χ0) is 8.48. The van der Waals surface area contributed by atoms with Gasteiger partial charge in [0.15, 0.2) is 0 Å². The Kier molecular flexibility index (Phi) is 2.28. The predicted octanol–water partition coefficient (Wildman–Crippen LogP) is 2.38. The molecular weight excluding hydrogens is 211 g/mol. The first-order valence-corrected chi connectivity index (χ1v) is 4.06. The third kappa shape index (κ3) is 1.59. The van der Waals surface area contributed by atoms with Gasteiger partial charge in [-0.3, -0.25) is 0 Å². The van der Waals surface area contributed by atoms with Crippen molar-refractivity contribution in [2.75, 3.05) is 0 Å². The monoisotopic (exact) mass is 218 g/mol. The highest BCUT2D eigenvalue weighted by Crippen LogP contribution is 2.36. The van der Waals surface area contributed by atoms with Crippen molar-refractivity contribution in [1.82, 2.24) is 0 Å². The van der Waals surface area contributed by atoms with Crippen LogP contribution in [0.4, 0.5) is 4.39 Å². The van der Waals surface area contributed by atoms with E-state index in [1.54, 1.807) is 19.1 Å². The van der Waals surface area contributed by atoms with Gasteiger partial charge in [0.1, 0.15) is 12.1 Å². The van der Waals surface area contributed by atoms with E-state index in [1.807, 2.05) is 0 Å². The van der Waals surface area contributed by atoms with Crippen LogP contribution in [0.5, 0.6) is 0 Å². The molecular formula is C8H8BrFO. The molecule has 0 N–H and O–H groups in total. The van der Waals surface area contributed by atoms with Gasteiger partial charge in [-0.2, -0.15) is 0 Å². The van der Waals surface area contributed by atoms with Crippen LogP contribution in [0.2, 0.25) is 0 Å². The van der Waals surface area contributed by atoms with Gasteiger partial charge in [-0.15, -0.1) is 0 Å². The van der Waals surface area contributed by atoms with E-state index in [2.05, 4.69) is 15.9 Å². The van der Waals surface area contributed by atoms with Crippen molar-refractivity contribution in [1.29, 1.82) is 0 Å². The summed E-state index contributed by atoms with van der Waals surface area (Å²) in [6, 6.07) is 0. The lowest BCUT2D eigenvalue weighted by atomic mass is 9.90. The fourth-order valence-electron chi connectivity index (χ4n) is 1.00. The van der Waals surface area contributed by atoms with Crippen molar-refractivity contribution in [2.45, 2.75) is 11.2 Å². The molecule has 3 heteroatoms.